The number of amides is 1. The van der Waals surface area contributed by atoms with E-state index in [0.717, 1.165) is 28.0 Å². The molecule has 2 aliphatic rings. The number of benzene rings is 3. The molecule has 1 fully saturated rings. The lowest BCUT2D eigenvalue weighted by atomic mass is 10.0. The maximum atomic E-state index is 13.3. The summed E-state index contributed by atoms with van der Waals surface area (Å²) in [5, 5.41) is 2.34. The van der Waals surface area contributed by atoms with Gasteiger partial charge in [0.15, 0.2) is 0 Å². The van der Waals surface area contributed by atoms with Crippen molar-refractivity contribution in [3.8, 4) is 5.69 Å². The summed E-state index contributed by atoms with van der Waals surface area (Å²) in [6, 6.07) is 21.6. The quantitative estimate of drug-likeness (QED) is 0.358. The fourth-order valence-corrected chi connectivity index (χ4v) is 6.90. The largest absolute Gasteiger partial charge is 0.379 e. The first-order valence-corrected chi connectivity index (χ1v) is 14.1. The molecule has 0 N–H and O–H groups in total. The highest BCUT2D eigenvalue weighted by Crippen LogP contribution is 2.39. The van der Waals surface area contributed by atoms with E-state index in [1.165, 1.54) is 9.69 Å². The number of nitrogens with zero attached hydrogens (tertiary/aromatic N) is 3. The topological polar surface area (TPSA) is 71.8 Å². The van der Waals surface area contributed by atoms with Gasteiger partial charge < -0.3 is 14.2 Å². The molecule has 0 spiro atoms. The van der Waals surface area contributed by atoms with Gasteiger partial charge in [-0.15, -0.1) is 0 Å². The summed E-state index contributed by atoms with van der Waals surface area (Å²) < 4.78 is 35.6. The van der Waals surface area contributed by atoms with Crippen molar-refractivity contribution in [1.29, 1.82) is 0 Å². The van der Waals surface area contributed by atoms with E-state index in [1.54, 1.807) is 30.1 Å². The Bertz CT molecular complexity index is 1730. The molecule has 0 atom stereocenters. The van der Waals surface area contributed by atoms with E-state index in [4.69, 9.17) is 4.74 Å². The summed E-state index contributed by atoms with van der Waals surface area (Å²) in [5.74, 6) is -0.156. The molecule has 194 valence electrons. The van der Waals surface area contributed by atoms with Crippen LogP contribution in [0.25, 0.3) is 28.1 Å². The molecule has 3 aromatic carbocycles. The Morgan fingerprint density at radius 2 is 1.63 bits per heavy atom. The number of likely N-dealkylation sites (N-methyl/N-ethyl adjacent to an activating group) is 1. The second kappa shape index (κ2) is 9.23. The lowest BCUT2D eigenvalue weighted by molar-refractivity contribution is -0.112. The van der Waals surface area contributed by atoms with Gasteiger partial charge in [0.2, 0.25) is 10.0 Å². The fraction of sp³-hybridized carbons (Fsp3) is 0.233. The smallest absolute Gasteiger partial charge is 0.258 e. The third kappa shape index (κ3) is 3.96. The van der Waals surface area contributed by atoms with E-state index in [-0.39, 0.29) is 10.8 Å². The SMILES string of the molecule is Cc1cc(C=C2C(=O)N(C)c3ccc(S(=O)(=O)N4CCOCC4)cc32)c(C)n1-c1ccc2ccccc2c1. The van der Waals surface area contributed by atoms with Gasteiger partial charge in [-0.25, -0.2) is 8.42 Å². The summed E-state index contributed by atoms with van der Waals surface area (Å²) in [6.07, 6.45) is 1.88. The van der Waals surface area contributed by atoms with E-state index >= 15 is 0 Å². The van der Waals surface area contributed by atoms with Gasteiger partial charge in [0.05, 0.1) is 23.8 Å². The van der Waals surface area contributed by atoms with Gasteiger partial charge in [-0.2, -0.15) is 4.31 Å². The van der Waals surface area contributed by atoms with Crippen molar-refractivity contribution < 1.29 is 17.9 Å². The fourth-order valence-electron chi connectivity index (χ4n) is 5.47. The number of hydrogen-bond donors (Lipinski definition) is 0. The van der Waals surface area contributed by atoms with Crippen LogP contribution in [0, 0.1) is 13.8 Å². The Morgan fingerprint density at radius 1 is 0.895 bits per heavy atom. The maximum Gasteiger partial charge on any atom is 0.258 e. The molecule has 0 unspecified atom stereocenters. The van der Waals surface area contributed by atoms with Crippen LogP contribution in [0.1, 0.15) is 22.5 Å². The number of anilines is 1. The molecule has 0 aliphatic carbocycles. The van der Waals surface area contributed by atoms with Crippen molar-refractivity contribution in [2.75, 3.05) is 38.3 Å². The monoisotopic (exact) mass is 527 g/mol. The van der Waals surface area contributed by atoms with Crippen LogP contribution in [-0.4, -0.2) is 56.5 Å². The van der Waals surface area contributed by atoms with Crippen molar-refractivity contribution in [2.24, 2.45) is 0 Å². The van der Waals surface area contributed by atoms with Gasteiger partial charge in [0, 0.05) is 48.3 Å². The predicted molar refractivity (Wildman–Crippen MR) is 150 cm³/mol. The van der Waals surface area contributed by atoms with Crippen molar-refractivity contribution in [2.45, 2.75) is 18.7 Å². The molecule has 4 aromatic rings. The zero-order valence-corrected chi connectivity index (χ0v) is 22.5. The second-order valence-corrected chi connectivity index (χ2v) is 11.7. The van der Waals surface area contributed by atoms with Crippen LogP contribution in [0.3, 0.4) is 0 Å². The van der Waals surface area contributed by atoms with Crippen LogP contribution in [0.4, 0.5) is 5.69 Å². The Hall–Kier alpha value is -3.72. The van der Waals surface area contributed by atoms with Gasteiger partial charge in [0.25, 0.3) is 5.91 Å². The summed E-state index contributed by atoms with van der Waals surface area (Å²) in [5.41, 5.74) is 5.84. The molecule has 0 saturated carbocycles. The molecule has 0 radical (unpaired) electrons. The van der Waals surface area contributed by atoms with Gasteiger partial charge >= 0.3 is 0 Å². The van der Waals surface area contributed by atoms with Gasteiger partial charge in [-0.1, -0.05) is 30.3 Å². The minimum absolute atomic E-state index is 0.156. The molecule has 1 amide bonds. The van der Waals surface area contributed by atoms with Crippen LogP contribution < -0.4 is 4.90 Å². The number of rotatable bonds is 4. The predicted octanol–water partition coefficient (Wildman–Crippen LogP) is 4.79. The lowest BCUT2D eigenvalue weighted by Gasteiger charge is -2.26. The zero-order chi connectivity index (χ0) is 26.6. The number of aryl methyl sites for hydroxylation is 1. The number of morpholine rings is 1. The molecule has 38 heavy (non-hydrogen) atoms. The molecule has 8 heteroatoms. The molecular weight excluding hydrogens is 498 g/mol. The van der Waals surface area contributed by atoms with E-state index < -0.39 is 10.0 Å². The number of ether oxygens (including phenoxy) is 1. The lowest BCUT2D eigenvalue weighted by Crippen LogP contribution is -2.40. The summed E-state index contributed by atoms with van der Waals surface area (Å²) in [4.78, 5) is 15.1. The summed E-state index contributed by atoms with van der Waals surface area (Å²) in [7, 11) is -1.97. The zero-order valence-electron chi connectivity index (χ0n) is 21.6. The molecule has 1 aromatic heterocycles. The number of carbonyl (C=O) groups excluding carboxylic acids is 1. The third-order valence-corrected chi connectivity index (χ3v) is 9.42. The molecular formula is C30H29N3O4S. The molecule has 7 nitrogen and oxygen atoms in total. The average molecular weight is 528 g/mol. The van der Waals surface area contributed by atoms with E-state index in [9.17, 15) is 13.2 Å². The first-order chi connectivity index (χ1) is 18.3. The number of hydrogen-bond acceptors (Lipinski definition) is 4. The molecule has 2 aliphatic heterocycles. The average Bonchev–Trinajstić information content (AvgIpc) is 3.35. The minimum Gasteiger partial charge on any atom is -0.379 e. The van der Waals surface area contributed by atoms with Crippen LogP contribution >= 0.6 is 0 Å². The minimum atomic E-state index is -3.69. The van der Waals surface area contributed by atoms with Crippen molar-refractivity contribution >= 4 is 44.0 Å². The number of carbonyl (C=O) groups is 1. The van der Waals surface area contributed by atoms with Gasteiger partial charge in [0.1, 0.15) is 0 Å². The highest BCUT2D eigenvalue weighted by atomic mass is 32.2. The van der Waals surface area contributed by atoms with Crippen molar-refractivity contribution in [3.05, 3.63) is 89.2 Å². The Morgan fingerprint density at radius 3 is 2.39 bits per heavy atom. The van der Waals surface area contributed by atoms with E-state index in [2.05, 4.69) is 41.0 Å². The standard InChI is InChI=1S/C30H29N3O4S/c1-20-16-24(21(2)33(20)25-9-8-22-6-4-5-7-23(22)17-25)18-28-27-19-26(10-11-29(27)31(3)30(28)34)38(35,36)32-12-14-37-15-13-32/h4-11,16-19H,12-15H2,1-3H3. The molecule has 1 saturated heterocycles. The highest BCUT2D eigenvalue weighted by Gasteiger charge is 2.33. The normalized spacial score (nSPS) is 17.5. The van der Waals surface area contributed by atoms with Crippen LogP contribution in [0.5, 0.6) is 0 Å². The summed E-state index contributed by atoms with van der Waals surface area (Å²) in [6.45, 7) is 5.49. The number of sulfonamides is 1. The van der Waals surface area contributed by atoms with Crippen LogP contribution in [0.2, 0.25) is 0 Å². The van der Waals surface area contributed by atoms with E-state index in [1.807, 2.05) is 32.1 Å². The van der Waals surface area contributed by atoms with Crippen LogP contribution in [0.15, 0.2) is 71.6 Å². The van der Waals surface area contributed by atoms with E-state index in [0.29, 0.717) is 43.1 Å². The Labute approximate surface area is 222 Å². The highest BCUT2D eigenvalue weighted by molar-refractivity contribution is 7.89. The van der Waals surface area contributed by atoms with Crippen LogP contribution in [-0.2, 0) is 19.6 Å². The van der Waals surface area contributed by atoms with Crippen molar-refractivity contribution in [3.63, 3.8) is 0 Å². The molecule has 3 heterocycles. The second-order valence-electron chi connectivity index (χ2n) is 9.81. The first-order valence-electron chi connectivity index (χ1n) is 12.7. The Kier molecular flexibility index (Phi) is 5.98. The van der Waals surface area contributed by atoms with Gasteiger partial charge in [-0.3, -0.25) is 4.79 Å². The maximum absolute atomic E-state index is 13.3. The van der Waals surface area contributed by atoms with Crippen molar-refractivity contribution in [1.82, 2.24) is 8.87 Å². The third-order valence-electron chi connectivity index (χ3n) is 7.52. The number of fused-ring (bicyclic) bond motifs is 2. The first kappa shape index (κ1) is 24.6. The number of aromatic nitrogens is 1. The summed E-state index contributed by atoms with van der Waals surface area (Å²) >= 11 is 0. The van der Waals surface area contributed by atoms with Gasteiger partial charge in [-0.05, 0) is 72.7 Å². The Balaban J connectivity index is 1.43. The molecule has 0 bridgehead atoms. The molecule has 6 rings (SSSR count).